The monoisotopic (exact) mass is 595 g/mol. The number of hydrogen-bond acceptors (Lipinski definition) is 8. The van der Waals surface area contributed by atoms with Gasteiger partial charge in [0, 0.05) is 43.0 Å². The van der Waals surface area contributed by atoms with Gasteiger partial charge in [-0.2, -0.15) is 9.61 Å². The lowest BCUT2D eigenvalue weighted by atomic mass is 9.92. The molecule has 3 aromatic rings. The van der Waals surface area contributed by atoms with E-state index in [1.807, 2.05) is 12.2 Å². The molecule has 0 saturated carbocycles. The van der Waals surface area contributed by atoms with Crippen LogP contribution in [0.2, 0.25) is 0 Å². The van der Waals surface area contributed by atoms with Crippen molar-refractivity contribution in [1.29, 1.82) is 0 Å². The number of carboxylic acids is 1. The highest BCUT2D eigenvalue weighted by Crippen LogP contribution is 2.37. The van der Waals surface area contributed by atoms with Crippen molar-refractivity contribution >= 4 is 23.3 Å². The standard InChI is InChI=1S/C31H38FN5O6/c1-19-25(26(29(39)40)43-30(2,3)4)28-36-12-10-31(5,11-13-36)42-15-7-6-14-41-23-16-21(32)9-8-20(23)18-33-27(38)22-17-24(34-19)37(28)35-22/h6-9,16-17,26H,10-15,18H2,1-5H3,(H,33,38)(H,39,40). The summed E-state index contributed by atoms with van der Waals surface area (Å²) in [7, 11) is 0. The Labute approximate surface area is 249 Å². The molecule has 43 heavy (non-hydrogen) atoms. The quantitative estimate of drug-likeness (QED) is 0.424. The fraction of sp³-hybridized carbons (Fsp3) is 0.484. The van der Waals surface area contributed by atoms with Crippen LogP contribution in [0.25, 0.3) is 5.65 Å². The lowest BCUT2D eigenvalue weighted by Gasteiger charge is -2.41. The Morgan fingerprint density at radius 1 is 1.19 bits per heavy atom. The van der Waals surface area contributed by atoms with Gasteiger partial charge in [0.15, 0.2) is 17.4 Å². The molecular formula is C31H38FN5O6. The van der Waals surface area contributed by atoms with Gasteiger partial charge in [-0.15, -0.1) is 0 Å². The molecule has 0 spiro atoms. The summed E-state index contributed by atoms with van der Waals surface area (Å²) in [5.74, 6) is -1.23. The lowest BCUT2D eigenvalue weighted by molar-refractivity contribution is -0.160. The number of carbonyl (C=O) groups is 2. The van der Waals surface area contributed by atoms with E-state index in [1.165, 1.54) is 16.6 Å². The Hall–Kier alpha value is -4.03. The van der Waals surface area contributed by atoms with E-state index < -0.39 is 35.0 Å². The molecule has 6 rings (SSSR count). The van der Waals surface area contributed by atoms with Crippen molar-refractivity contribution in [3.05, 3.63) is 64.7 Å². The lowest BCUT2D eigenvalue weighted by Crippen LogP contribution is -2.45. The number of carbonyl (C=O) groups excluding carboxylic acids is 1. The molecule has 2 N–H and O–H groups in total. The first-order chi connectivity index (χ1) is 20.3. The van der Waals surface area contributed by atoms with Crippen LogP contribution in [0.15, 0.2) is 36.4 Å². The zero-order chi connectivity index (χ0) is 30.9. The molecule has 1 amide bonds. The molecule has 3 aliphatic heterocycles. The second kappa shape index (κ2) is 11.9. The summed E-state index contributed by atoms with van der Waals surface area (Å²) in [4.78, 5) is 32.7. The Morgan fingerprint density at radius 3 is 2.60 bits per heavy atom. The first-order valence-electron chi connectivity index (χ1n) is 14.4. The SMILES string of the molecule is Cc1nc2cc3nn2c(c1C(OC(C)(C)C)C(=O)O)N1CCC(C)(CC1)OCC=CCOc1cc(F)ccc1CNC3=O. The van der Waals surface area contributed by atoms with Crippen molar-refractivity contribution < 1.29 is 33.3 Å². The van der Waals surface area contributed by atoms with Crippen molar-refractivity contribution in [3.63, 3.8) is 0 Å². The molecule has 1 aromatic carbocycles. The maximum Gasteiger partial charge on any atom is 0.337 e. The summed E-state index contributed by atoms with van der Waals surface area (Å²) in [6, 6.07) is 5.72. The number of amides is 1. The van der Waals surface area contributed by atoms with Gasteiger partial charge >= 0.3 is 5.97 Å². The summed E-state index contributed by atoms with van der Waals surface area (Å²) in [5.41, 5.74) is 0.780. The molecule has 12 heteroatoms. The zero-order valence-corrected chi connectivity index (χ0v) is 25.1. The minimum Gasteiger partial charge on any atom is -0.489 e. The van der Waals surface area contributed by atoms with E-state index >= 15 is 0 Å². The number of nitrogens with one attached hydrogen (secondary N) is 1. The van der Waals surface area contributed by atoms with E-state index in [0.29, 0.717) is 66.6 Å². The molecule has 1 fully saturated rings. The maximum atomic E-state index is 14.0. The molecule has 0 aliphatic carbocycles. The molecule has 1 atom stereocenters. The molecule has 4 bridgehead atoms. The number of benzene rings is 1. The molecule has 230 valence electrons. The second-order valence-electron chi connectivity index (χ2n) is 12.1. The largest absolute Gasteiger partial charge is 0.489 e. The summed E-state index contributed by atoms with van der Waals surface area (Å²) in [6.45, 7) is 11.0. The van der Waals surface area contributed by atoms with Crippen LogP contribution in [0.3, 0.4) is 0 Å². The molecule has 0 radical (unpaired) electrons. The van der Waals surface area contributed by atoms with Gasteiger partial charge in [-0.1, -0.05) is 12.1 Å². The van der Waals surface area contributed by atoms with Crippen molar-refractivity contribution in [2.75, 3.05) is 31.2 Å². The van der Waals surface area contributed by atoms with E-state index in [0.717, 1.165) is 0 Å². The Balaban J connectivity index is 1.62. The molecule has 2 aromatic heterocycles. The summed E-state index contributed by atoms with van der Waals surface area (Å²) in [6.07, 6.45) is 3.70. The van der Waals surface area contributed by atoms with Crippen LogP contribution < -0.4 is 15.0 Å². The highest BCUT2D eigenvalue weighted by molar-refractivity contribution is 5.93. The van der Waals surface area contributed by atoms with Crippen LogP contribution in [0.1, 0.15) is 73.9 Å². The Bertz CT molecular complexity index is 1550. The van der Waals surface area contributed by atoms with E-state index in [4.69, 9.17) is 14.2 Å². The number of aliphatic carboxylic acids is 1. The van der Waals surface area contributed by atoms with E-state index in [9.17, 15) is 19.1 Å². The van der Waals surface area contributed by atoms with Crippen molar-refractivity contribution in [3.8, 4) is 5.75 Å². The third-order valence-electron chi connectivity index (χ3n) is 7.61. The number of carboxylic acid groups (broad SMARTS) is 1. The molecule has 1 unspecified atom stereocenters. The number of anilines is 1. The zero-order valence-electron chi connectivity index (χ0n) is 25.1. The number of fused-ring (bicyclic) bond motifs is 8. The first-order valence-corrected chi connectivity index (χ1v) is 14.4. The highest BCUT2D eigenvalue weighted by atomic mass is 19.1. The number of hydrogen-bond donors (Lipinski definition) is 2. The van der Waals surface area contributed by atoms with Crippen LogP contribution >= 0.6 is 0 Å². The average molecular weight is 596 g/mol. The highest BCUT2D eigenvalue weighted by Gasteiger charge is 2.38. The summed E-state index contributed by atoms with van der Waals surface area (Å²) >= 11 is 0. The van der Waals surface area contributed by atoms with Crippen molar-refractivity contribution in [1.82, 2.24) is 19.9 Å². The number of piperidine rings is 1. The normalized spacial score (nSPS) is 18.4. The van der Waals surface area contributed by atoms with Gasteiger partial charge in [-0.25, -0.2) is 14.2 Å². The third kappa shape index (κ3) is 6.80. The van der Waals surface area contributed by atoms with Crippen molar-refractivity contribution in [2.45, 2.75) is 71.3 Å². The number of aryl methyl sites for hydroxylation is 1. The number of ether oxygens (including phenoxy) is 3. The van der Waals surface area contributed by atoms with Gasteiger partial charge in [-0.3, -0.25) is 4.79 Å². The third-order valence-corrected chi connectivity index (χ3v) is 7.61. The minimum atomic E-state index is -1.32. The van der Waals surface area contributed by atoms with E-state index in [-0.39, 0.29) is 18.8 Å². The molecule has 11 nitrogen and oxygen atoms in total. The Morgan fingerprint density at radius 2 is 1.91 bits per heavy atom. The van der Waals surface area contributed by atoms with Crippen molar-refractivity contribution in [2.24, 2.45) is 0 Å². The summed E-state index contributed by atoms with van der Waals surface area (Å²) in [5, 5.41) is 17.8. The van der Waals surface area contributed by atoms with Gasteiger partial charge in [-0.05, 0) is 59.6 Å². The smallest absolute Gasteiger partial charge is 0.337 e. The molecule has 3 aliphatic rings. The predicted molar refractivity (Wildman–Crippen MR) is 157 cm³/mol. The fourth-order valence-corrected chi connectivity index (χ4v) is 5.36. The average Bonchev–Trinajstić information content (AvgIpc) is 3.35. The van der Waals surface area contributed by atoms with Crippen LogP contribution in [0.5, 0.6) is 5.75 Å². The maximum absolute atomic E-state index is 14.0. The predicted octanol–water partition coefficient (Wildman–Crippen LogP) is 4.37. The number of rotatable bonds is 3. The van der Waals surface area contributed by atoms with Crippen LogP contribution in [-0.2, 0) is 20.8 Å². The number of halogens is 1. The second-order valence-corrected chi connectivity index (χ2v) is 12.1. The molecule has 1 saturated heterocycles. The first kappa shape index (κ1) is 30.4. The topological polar surface area (TPSA) is 128 Å². The minimum absolute atomic E-state index is 0.0741. The van der Waals surface area contributed by atoms with Gasteiger partial charge in [0.25, 0.3) is 5.91 Å². The van der Waals surface area contributed by atoms with Gasteiger partial charge < -0.3 is 29.5 Å². The van der Waals surface area contributed by atoms with Gasteiger partial charge in [0.2, 0.25) is 0 Å². The van der Waals surface area contributed by atoms with Crippen LogP contribution in [0.4, 0.5) is 10.2 Å². The van der Waals surface area contributed by atoms with E-state index in [2.05, 4.69) is 27.2 Å². The van der Waals surface area contributed by atoms with Crippen LogP contribution in [-0.4, -0.2) is 69.1 Å². The fourth-order valence-electron chi connectivity index (χ4n) is 5.36. The van der Waals surface area contributed by atoms with Gasteiger partial charge in [0.1, 0.15) is 24.0 Å². The molecular weight excluding hydrogens is 557 g/mol. The Kier molecular flexibility index (Phi) is 8.44. The summed E-state index contributed by atoms with van der Waals surface area (Å²) < 4.78 is 33.7. The van der Waals surface area contributed by atoms with Crippen LogP contribution in [0, 0.1) is 12.7 Å². The molecule has 5 heterocycles. The number of aromatic nitrogens is 3. The number of nitrogens with zero attached hydrogens (tertiary/aromatic N) is 4. The van der Waals surface area contributed by atoms with Gasteiger partial charge in [0.05, 0.1) is 23.4 Å². The van der Waals surface area contributed by atoms with E-state index in [1.54, 1.807) is 39.8 Å².